The van der Waals surface area contributed by atoms with Crippen molar-refractivity contribution in [2.24, 2.45) is 0 Å². The zero-order valence-corrected chi connectivity index (χ0v) is 15.9. The minimum absolute atomic E-state index is 0.0720. The molecular formula is C18H25N3O3S. The van der Waals surface area contributed by atoms with Crippen LogP contribution in [0.5, 0.6) is 0 Å². The summed E-state index contributed by atoms with van der Waals surface area (Å²) in [4.78, 5) is 26.0. The van der Waals surface area contributed by atoms with Gasteiger partial charge >= 0.3 is 5.97 Å². The van der Waals surface area contributed by atoms with Crippen LogP contribution in [0.2, 0.25) is 0 Å². The third-order valence-corrected chi connectivity index (χ3v) is 4.35. The Hall–Kier alpha value is -2.15. The quantitative estimate of drug-likeness (QED) is 0.619. The van der Waals surface area contributed by atoms with Crippen molar-refractivity contribution in [2.75, 3.05) is 18.5 Å². The van der Waals surface area contributed by atoms with Crippen molar-refractivity contribution in [3.63, 3.8) is 0 Å². The molecule has 2 N–H and O–H groups in total. The number of anilines is 1. The van der Waals surface area contributed by atoms with Gasteiger partial charge in [0, 0.05) is 17.3 Å². The van der Waals surface area contributed by atoms with Gasteiger partial charge in [-0.05, 0) is 64.5 Å². The van der Waals surface area contributed by atoms with Gasteiger partial charge < -0.3 is 20.3 Å². The number of rotatable bonds is 5. The molecule has 1 fully saturated rings. The number of thiocarbonyl (C=S) groups is 1. The standard InChI is InChI=1S/C18H25N3O3S/c1-5-24-16(23)13-7-6-8-14(9-13)19-15(22)11-21-12(2)10-18(3,4)20-17(21)25/h6-9,12H,5,10-11H2,1-4H3,(H,19,22)(H,20,25). The van der Waals surface area contributed by atoms with Gasteiger partial charge in [-0.2, -0.15) is 0 Å². The summed E-state index contributed by atoms with van der Waals surface area (Å²) in [7, 11) is 0. The molecule has 7 heteroatoms. The monoisotopic (exact) mass is 363 g/mol. The lowest BCUT2D eigenvalue weighted by molar-refractivity contribution is -0.117. The highest BCUT2D eigenvalue weighted by atomic mass is 32.1. The number of nitrogens with one attached hydrogen (secondary N) is 2. The molecule has 1 saturated heterocycles. The number of benzene rings is 1. The zero-order valence-electron chi connectivity index (χ0n) is 15.1. The molecule has 0 saturated carbocycles. The van der Waals surface area contributed by atoms with E-state index in [0.29, 0.717) is 23.0 Å². The molecule has 1 aromatic rings. The van der Waals surface area contributed by atoms with E-state index in [1.807, 2.05) is 4.90 Å². The number of hydrogen-bond donors (Lipinski definition) is 2. The summed E-state index contributed by atoms with van der Waals surface area (Å²) in [6.45, 7) is 8.46. The van der Waals surface area contributed by atoms with Crippen LogP contribution in [0.3, 0.4) is 0 Å². The van der Waals surface area contributed by atoms with Gasteiger partial charge in [0.25, 0.3) is 0 Å². The molecular weight excluding hydrogens is 338 g/mol. The number of amides is 1. The maximum absolute atomic E-state index is 12.4. The predicted octanol–water partition coefficient (Wildman–Crippen LogP) is 2.55. The number of carbonyl (C=O) groups is 2. The average Bonchev–Trinajstić information content (AvgIpc) is 2.50. The van der Waals surface area contributed by atoms with Crippen LogP contribution < -0.4 is 10.6 Å². The topological polar surface area (TPSA) is 70.7 Å². The lowest BCUT2D eigenvalue weighted by Gasteiger charge is -2.44. The average molecular weight is 363 g/mol. The van der Waals surface area contributed by atoms with Gasteiger partial charge in [-0.15, -0.1) is 0 Å². The van der Waals surface area contributed by atoms with Crippen molar-refractivity contribution in [1.82, 2.24) is 10.2 Å². The summed E-state index contributed by atoms with van der Waals surface area (Å²) >= 11 is 5.39. The summed E-state index contributed by atoms with van der Waals surface area (Å²) in [5.41, 5.74) is 0.890. The molecule has 0 aliphatic carbocycles. The van der Waals surface area contributed by atoms with Gasteiger partial charge in [-0.1, -0.05) is 6.07 Å². The van der Waals surface area contributed by atoms with Crippen LogP contribution in [0.25, 0.3) is 0 Å². The molecule has 6 nitrogen and oxygen atoms in total. The Morgan fingerprint density at radius 1 is 1.44 bits per heavy atom. The van der Waals surface area contributed by atoms with Crippen molar-refractivity contribution in [1.29, 1.82) is 0 Å². The van der Waals surface area contributed by atoms with E-state index in [0.717, 1.165) is 6.42 Å². The summed E-state index contributed by atoms with van der Waals surface area (Å²) in [5.74, 6) is -0.590. The molecule has 0 bridgehead atoms. The summed E-state index contributed by atoms with van der Waals surface area (Å²) in [6, 6.07) is 6.87. The van der Waals surface area contributed by atoms with Crippen molar-refractivity contribution in [3.05, 3.63) is 29.8 Å². The first-order valence-corrected chi connectivity index (χ1v) is 8.78. The van der Waals surface area contributed by atoms with Gasteiger partial charge in [0.05, 0.1) is 18.7 Å². The van der Waals surface area contributed by atoms with Crippen LogP contribution >= 0.6 is 12.2 Å². The lowest BCUT2D eigenvalue weighted by atomic mass is 9.93. The molecule has 2 rings (SSSR count). The van der Waals surface area contributed by atoms with E-state index in [9.17, 15) is 9.59 Å². The molecule has 136 valence electrons. The van der Waals surface area contributed by atoms with E-state index in [4.69, 9.17) is 17.0 Å². The van der Waals surface area contributed by atoms with Crippen LogP contribution in [-0.2, 0) is 9.53 Å². The van der Waals surface area contributed by atoms with Gasteiger partial charge in [-0.3, -0.25) is 4.79 Å². The molecule has 1 atom stereocenters. The molecule has 1 heterocycles. The predicted molar refractivity (Wildman–Crippen MR) is 102 cm³/mol. The number of esters is 1. The number of hydrogen-bond acceptors (Lipinski definition) is 4. The second-order valence-electron chi connectivity index (χ2n) is 6.84. The summed E-state index contributed by atoms with van der Waals surface area (Å²) in [6.07, 6.45) is 0.888. The normalized spacial score (nSPS) is 19.1. The Kier molecular flexibility index (Phi) is 6.00. The maximum Gasteiger partial charge on any atom is 0.338 e. The Morgan fingerprint density at radius 2 is 2.16 bits per heavy atom. The number of ether oxygens (including phenoxy) is 1. The summed E-state index contributed by atoms with van der Waals surface area (Å²) in [5, 5.41) is 6.65. The summed E-state index contributed by atoms with van der Waals surface area (Å²) < 4.78 is 4.97. The van der Waals surface area contributed by atoms with E-state index in [-0.39, 0.29) is 24.0 Å². The van der Waals surface area contributed by atoms with Crippen LogP contribution in [-0.4, -0.2) is 46.6 Å². The van der Waals surface area contributed by atoms with Crippen LogP contribution in [0.4, 0.5) is 5.69 Å². The largest absolute Gasteiger partial charge is 0.462 e. The van der Waals surface area contributed by atoms with Gasteiger partial charge in [0.2, 0.25) is 5.91 Å². The van der Waals surface area contributed by atoms with Gasteiger partial charge in [0.15, 0.2) is 5.11 Å². The van der Waals surface area contributed by atoms with E-state index in [2.05, 4.69) is 31.4 Å². The first kappa shape index (κ1) is 19.2. The molecule has 0 radical (unpaired) electrons. The van der Waals surface area contributed by atoms with E-state index < -0.39 is 5.97 Å². The highest BCUT2D eigenvalue weighted by Crippen LogP contribution is 2.22. The number of nitrogens with zero attached hydrogens (tertiary/aromatic N) is 1. The number of carbonyl (C=O) groups excluding carboxylic acids is 2. The highest BCUT2D eigenvalue weighted by Gasteiger charge is 2.33. The van der Waals surface area contributed by atoms with Crippen molar-refractivity contribution in [2.45, 2.75) is 45.7 Å². The minimum Gasteiger partial charge on any atom is -0.462 e. The van der Waals surface area contributed by atoms with Crippen molar-refractivity contribution >= 4 is 34.9 Å². The van der Waals surface area contributed by atoms with Gasteiger partial charge in [0.1, 0.15) is 0 Å². The van der Waals surface area contributed by atoms with Crippen molar-refractivity contribution < 1.29 is 14.3 Å². The Bertz CT molecular complexity index is 675. The first-order valence-electron chi connectivity index (χ1n) is 8.37. The lowest BCUT2D eigenvalue weighted by Crippen LogP contribution is -2.61. The van der Waals surface area contributed by atoms with E-state index >= 15 is 0 Å². The fourth-order valence-corrected chi connectivity index (χ4v) is 3.50. The Morgan fingerprint density at radius 3 is 2.80 bits per heavy atom. The Balaban J connectivity index is 2.00. The fraction of sp³-hybridized carbons (Fsp3) is 0.500. The molecule has 1 aliphatic heterocycles. The SMILES string of the molecule is CCOC(=O)c1cccc(NC(=O)CN2C(=S)NC(C)(C)CC2C)c1. The highest BCUT2D eigenvalue weighted by molar-refractivity contribution is 7.80. The van der Waals surface area contributed by atoms with E-state index in [1.165, 1.54) is 0 Å². The molecule has 0 aromatic heterocycles. The second-order valence-corrected chi connectivity index (χ2v) is 7.23. The fourth-order valence-electron chi connectivity index (χ4n) is 2.98. The maximum atomic E-state index is 12.4. The van der Waals surface area contributed by atoms with Crippen LogP contribution in [0.1, 0.15) is 44.5 Å². The van der Waals surface area contributed by atoms with Crippen LogP contribution in [0, 0.1) is 0 Å². The molecule has 1 amide bonds. The molecule has 1 aliphatic rings. The van der Waals surface area contributed by atoms with Crippen LogP contribution in [0.15, 0.2) is 24.3 Å². The molecule has 1 aromatic carbocycles. The second kappa shape index (κ2) is 7.82. The first-order chi connectivity index (χ1) is 11.7. The zero-order chi connectivity index (χ0) is 18.6. The minimum atomic E-state index is -0.407. The molecule has 25 heavy (non-hydrogen) atoms. The van der Waals surface area contributed by atoms with Crippen molar-refractivity contribution in [3.8, 4) is 0 Å². The third kappa shape index (κ3) is 5.16. The molecule has 1 unspecified atom stereocenters. The van der Waals surface area contributed by atoms with E-state index in [1.54, 1.807) is 31.2 Å². The smallest absolute Gasteiger partial charge is 0.338 e. The van der Waals surface area contributed by atoms with Gasteiger partial charge in [-0.25, -0.2) is 4.79 Å². The third-order valence-electron chi connectivity index (χ3n) is 4.02. The Labute approximate surface area is 153 Å². The molecule has 0 spiro atoms.